The van der Waals surface area contributed by atoms with Crippen molar-refractivity contribution in [1.29, 1.82) is 0 Å². The Labute approximate surface area is 313 Å². The van der Waals surface area contributed by atoms with Gasteiger partial charge in [0.2, 0.25) is 17.8 Å². The summed E-state index contributed by atoms with van der Waals surface area (Å²) in [6.45, 7) is 11.2. The third-order valence-electron chi connectivity index (χ3n) is 8.77. The second-order valence-corrected chi connectivity index (χ2v) is 14.2. The Morgan fingerprint density at radius 3 is 2.44 bits per heavy atom. The first-order chi connectivity index (χ1) is 25.6. The molecule has 2 aromatic carbocycles. The van der Waals surface area contributed by atoms with Gasteiger partial charge in [0.25, 0.3) is 5.91 Å². The number of unbranched alkanes of at least 4 members (excludes halogenated alkanes) is 1. The molecule has 2 aromatic heterocycles. The molecule has 290 valence electrons. The summed E-state index contributed by atoms with van der Waals surface area (Å²) in [5.74, 6) is -0.498. The lowest BCUT2D eigenvalue weighted by Crippen LogP contribution is -2.34. The van der Waals surface area contributed by atoms with E-state index >= 15 is 0 Å². The van der Waals surface area contributed by atoms with Gasteiger partial charge in [0, 0.05) is 37.8 Å². The number of carbonyl (C=O) groups excluding carboxylic acids is 4. The van der Waals surface area contributed by atoms with E-state index in [2.05, 4.69) is 15.7 Å². The summed E-state index contributed by atoms with van der Waals surface area (Å²) >= 11 is 0. The van der Waals surface area contributed by atoms with Gasteiger partial charge in [-0.1, -0.05) is 0 Å². The molecule has 0 saturated carbocycles. The standard InChI is InChI=1S/C37H50N10O7/c1-7-46-27(15-21(2)44-46)34(50)43-35-42-26-17-23(33(40)49)19-29-31(26)47(35)24(20-53-29)11-10-12-41-30-25(38)16-22(32(39)48)18-28(30)52-14-9-8-13-45(6)36(51)54-37(3,4)5/h15-19,24,41H,7-14,20,38H2,1-6H3,(H2,39,48)(H2,40,49)(H,42,43,50)/t24-/m0/s1. The number of imidazole rings is 1. The predicted molar refractivity (Wildman–Crippen MR) is 204 cm³/mol. The van der Waals surface area contributed by atoms with Crippen LogP contribution in [0.3, 0.4) is 0 Å². The number of nitrogen functional groups attached to an aromatic ring is 1. The van der Waals surface area contributed by atoms with Crippen molar-refractivity contribution in [2.75, 3.05) is 49.7 Å². The van der Waals surface area contributed by atoms with Crippen molar-refractivity contribution in [3.63, 3.8) is 0 Å². The molecule has 1 atom stereocenters. The molecule has 1 aliphatic rings. The van der Waals surface area contributed by atoms with Crippen molar-refractivity contribution in [2.24, 2.45) is 11.5 Å². The number of nitrogens with two attached hydrogens (primary N) is 3. The van der Waals surface area contributed by atoms with Gasteiger partial charge in [0.15, 0.2) is 0 Å². The van der Waals surface area contributed by atoms with Crippen molar-refractivity contribution < 1.29 is 33.4 Å². The Morgan fingerprint density at radius 1 is 1.04 bits per heavy atom. The minimum Gasteiger partial charge on any atom is -0.491 e. The third-order valence-corrected chi connectivity index (χ3v) is 8.77. The van der Waals surface area contributed by atoms with Crippen LogP contribution in [0.2, 0.25) is 0 Å². The molecule has 0 radical (unpaired) electrons. The van der Waals surface area contributed by atoms with Crippen LogP contribution in [0.4, 0.5) is 22.1 Å². The Kier molecular flexibility index (Phi) is 11.9. The highest BCUT2D eigenvalue weighted by Crippen LogP contribution is 2.39. The number of nitrogens with zero attached hydrogens (tertiary/aromatic N) is 5. The molecule has 1 aliphatic heterocycles. The fourth-order valence-electron chi connectivity index (χ4n) is 6.20. The van der Waals surface area contributed by atoms with Gasteiger partial charge in [-0.3, -0.25) is 24.4 Å². The smallest absolute Gasteiger partial charge is 0.410 e. The molecule has 4 aromatic rings. The van der Waals surface area contributed by atoms with E-state index in [-0.39, 0.29) is 29.7 Å². The molecular weight excluding hydrogens is 696 g/mol. The van der Waals surface area contributed by atoms with E-state index in [1.807, 2.05) is 39.2 Å². The lowest BCUT2D eigenvalue weighted by molar-refractivity contribution is 0.0294. The highest BCUT2D eigenvalue weighted by atomic mass is 16.6. The number of hydrogen-bond acceptors (Lipinski definition) is 11. The number of hydrogen-bond donors (Lipinski definition) is 5. The van der Waals surface area contributed by atoms with Gasteiger partial charge in [-0.25, -0.2) is 9.78 Å². The molecule has 8 N–H and O–H groups in total. The molecule has 17 nitrogen and oxygen atoms in total. The average Bonchev–Trinajstić information content (AvgIpc) is 3.67. The molecule has 3 heterocycles. The van der Waals surface area contributed by atoms with Gasteiger partial charge in [-0.2, -0.15) is 5.10 Å². The van der Waals surface area contributed by atoms with Crippen molar-refractivity contribution in [3.05, 3.63) is 52.8 Å². The van der Waals surface area contributed by atoms with E-state index in [9.17, 15) is 19.2 Å². The third kappa shape index (κ3) is 9.13. The molecule has 4 amide bonds. The fourth-order valence-corrected chi connectivity index (χ4v) is 6.20. The largest absolute Gasteiger partial charge is 0.491 e. The number of benzene rings is 2. The van der Waals surface area contributed by atoms with Crippen LogP contribution in [0.25, 0.3) is 11.0 Å². The van der Waals surface area contributed by atoms with Crippen LogP contribution in [0.5, 0.6) is 11.5 Å². The van der Waals surface area contributed by atoms with Crippen LogP contribution >= 0.6 is 0 Å². The summed E-state index contributed by atoms with van der Waals surface area (Å²) in [5, 5.41) is 10.7. The molecule has 17 heteroatoms. The van der Waals surface area contributed by atoms with Gasteiger partial charge in [0.1, 0.15) is 40.6 Å². The lowest BCUT2D eigenvalue weighted by atomic mass is 10.1. The maximum Gasteiger partial charge on any atom is 0.410 e. The van der Waals surface area contributed by atoms with Crippen LogP contribution in [-0.4, -0.2) is 87.0 Å². The van der Waals surface area contributed by atoms with Crippen LogP contribution in [0, 0.1) is 6.92 Å². The van der Waals surface area contributed by atoms with Crippen LogP contribution in [-0.2, 0) is 11.3 Å². The predicted octanol–water partition coefficient (Wildman–Crippen LogP) is 4.45. The fraction of sp³-hybridized carbons (Fsp3) is 0.459. The molecule has 5 rings (SSSR count). The number of amides is 4. The summed E-state index contributed by atoms with van der Waals surface area (Å²) in [7, 11) is 1.68. The summed E-state index contributed by atoms with van der Waals surface area (Å²) in [6, 6.07) is 7.71. The second-order valence-electron chi connectivity index (χ2n) is 14.2. The van der Waals surface area contributed by atoms with Crippen LogP contribution in [0.15, 0.2) is 30.3 Å². The summed E-state index contributed by atoms with van der Waals surface area (Å²) in [5.41, 5.74) is 20.4. The first-order valence-corrected chi connectivity index (χ1v) is 17.9. The van der Waals surface area contributed by atoms with Crippen molar-refractivity contribution in [1.82, 2.24) is 24.2 Å². The van der Waals surface area contributed by atoms with Crippen LogP contribution < -0.4 is 37.3 Å². The number of nitrogens with one attached hydrogen (secondary N) is 2. The Morgan fingerprint density at radius 2 is 1.76 bits per heavy atom. The van der Waals surface area contributed by atoms with Crippen molar-refractivity contribution in [3.8, 4) is 11.5 Å². The summed E-state index contributed by atoms with van der Waals surface area (Å²) in [6.07, 6.45) is 2.12. The normalized spacial score (nSPS) is 13.6. The van der Waals surface area contributed by atoms with Crippen LogP contribution in [0.1, 0.15) is 96.3 Å². The van der Waals surface area contributed by atoms with E-state index in [0.29, 0.717) is 103 Å². The quantitative estimate of drug-likeness (QED) is 0.0793. The maximum atomic E-state index is 13.5. The molecule has 0 aliphatic carbocycles. The van der Waals surface area contributed by atoms with E-state index in [1.54, 1.807) is 36.0 Å². The molecule has 0 saturated heterocycles. The zero-order valence-corrected chi connectivity index (χ0v) is 31.7. The van der Waals surface area contributed by atoms with Crippen molar-refractivity contribution >= 4 is 52.2 Å². The minimum atomic E-state index is -0.638. The van der Waals surface area contributed by atoms with E-state index in [0.717, 1.165) is 0 Å². The highest BCUT2D eigenvalue weighted by molar-refractivity contribution is 6.04. The van der Waals surface area contributed by atoms with Gasteiger partial charge in [-0.05, 0) is 90.6 Å². The Hall–Kier alpha value is -6.00. The van der Waals surface area contributed by atoms with Gasteiger partial charge in [0.05, 0.1) is 29.5 Å². The molecule has 0 bridgehead atoms. The van der Waals surface area contributed by atoms with Gasteiger partial charge in [-0.15, -0.1) is 0 Å². The SMILES string of the molecule is CCn1nc(C)cc1C(=O)Nc1nc2cc(C(N)=O)cc3c2n1[C@@H](CCCNc1c(N)cc(C(N)=O)cc1OCCCCN(C)C(=O)OC(C)(C)C)CO3. The van der Waals surface area contributed by atoms with E-state index in [4.69, 9.17) is 36.4 Å². The lowest BCUT2D eigenvalue weighted by Gasteiger charge is -2.27. The molecule has 0 spiro atoms. The average molecular weight is 747 g/mol. The second kappa shape index (κ2) is 16.3. The Bertz CT molecular complexity index is 2050. The zero-order valence-electron chi connectivity index (χ0n) is 31.7. The number of rotatable bonds is 16. The molecule has 0 fully saturated rings. The molecule has 54 heavy (non-hydrogen) atoms. The summed E-state index contributed by atoms with van der Waals surface area (Å²) < 4.78 is 21.2. The van der Waals surface area contributed by atoms with E-state index in [1.165, 1.54) is 11.0 Å². The minimum absolute atomic E-state index is 0.214. The number of ether oxygens (including phenoxy) is 3. The number of aryl methyl sites for hydroxylation is 2. The monoisotopic (exact) mass is 746 g/mol. The van der Waals surface area contributed by atoms with E-state index < -0.39 is 23.5 Å². The number of anilines is 3. The number of carbonyl (C=O) groups is 4. The first kappa shape index (κ1) is 39.2. The zero-order chi connectivity index (χ0) is 39.3. The number of primary amides is 2. The summed E-state index contributed by atoms with van der Waals surface area (Å²) in [4.78, 5) is 56.1. The molecule has 0 unspecified atom stereocenters. The maximum absolute atomic E-state index is 13.5. The highest BCUT2D eigenvalue weighted by Gasteiger charge is 2.30. The number of aromatic nitrogens is 4. The topological polar surface area (TPSA) is 237 Å². The van der Waals surface area contributed by atoms with Crippen molar-refractivity contribution in [2.45, 2.75) is 78.5 Å². The molecular formula is C37H50N10O7. The van der Waals surface area contributed by atoms with Gasteiger partial charge < -0.3 is 46.2 Å². The Balaban J connectivity index is 1.27. The van der Waals surface area contributed by atoms with Gasteiger partial charge >= 0.3 is 6.09 Å². The first-order valence-electron chi connectivity index (χ1n) is 17.9.